The summed E-state index contributed by atoms with van der Waals surface area (Å²) in [5, 5.41) is 12.3. The highest BCUT2D eigenvalue weighted by molar-refractivity contribution is 5.94. The van der Waals surface area contributed by atoms with Crippen LogP contribution in [0.1, 0.15) is 35.7 Å². The molecule has 2 N–H and O–H groups in total. The third-order valence-electron chi connectivity index (χ3n) is 6.43. The Morgan fingerprint density at radius 2 is 1.67 bits per heavy atom. The third kappa shape index (κ3) is 6.93. The van der Waals surface area contributed by atoms with Crippen molar-refractivity contribution in [1.29, 1.82) is 0 Å². The minimum atomic E-state index is -0.908. The molecule has 1 aliphatic heterocycles. The van der Waals surface area contributed by atoms with Gasteiger partial charge < -0.3 is 15.2 Å². The van der Waals surface area contributed by atoms with Crippen molar-refractivity contribution in [2.45, 2.75) is 32.4 Å². The van der Waals surface area contributed by atoms with Gasteiger partial charge in [0.05, 0.1) is 11.6 Å². The first-order chi connectivity index (χ1) is 17.5. The fourth-order valence-corrected chi connectivity index (χ4v) is 4.59. The van der Waals surface area contributed by atoms with Gasteiger partial charge in [-0.05, 0) is 73.5 Å². The van der Waals surface area contributed by atoms with E-state index in [0.717, 1.165) is 56.0 Å². The number of nitrogens with one attached hydrogen (secondary N) is 1. The number of anilines is 1. The van der Waals surface area contributed by atoms with Crippen molar-refractivity contribution in [3.8, 4) is 11.5 Å². The van der Waals surface area contributed by atoms with Crippen LogP contribution in [0.2, 0.25) is 0 Å². The monoisotopic (exact) mass is 487 g/mol. The Labute approximate surface area is 212 Å². The highest BCUT2D eigenvalue weighted by Crippen LogP contribution is 2.23. The second kappa shape index (κ2) is 12.3. The molecule has 1 aliphatic rings. The molecule has 1 unspecified atom stereocenters. The smallest absolute Gasteiger partial charge is 0.335 e. The van der Waals surface area contributed by atoms with E-state index in [9.17, 15) is 14.7 Å². The van der Waals surface area contributed by atoms with Crippen LogP contribution in [0.25, 0.3) is 0 Å². The van der Waals surface area contributed by atoms with Crippen LogP contribution in [0.5, 0.6) is 11.5 Å². The van der Waals surface area contributed by atoms with Crippen LogP contribution in [0.4, 0.5) is 5.69 Å². The normalized spacial score (nSPS) is 15.6. The number of rotatable bonds is 9. The third-order valence-corrected chi connectivity index (χ3v) is 6.43. The number of benzene rings is 3. The molecule has 0 bridgehead atoms. The number of para-hydroxylation sites is 1. The molecule has 0 aliphatic carbocycles. The topological polar surface area (TPSA) is 82.1 Å². The first kappa shape index (κ1) is 25.4. The summed E-state index contributed by atoms with van der Waals surface area (Å²) >= 11 is 0. The number of carbonyl (C=O) groups is 2. The van der Waals surface area contributed by atoms with Crippen LogP contribution < -0.4 is 10.1 Å². The molecule has 3 aromatic rings. The number of carboxylic acid groups (broad SMARTS) is 1. The van der Waals surface area contributed by atoms with Gasteiger partial charge in [0.2, 0.25) is 5.91 Å². The van der Waals surface area contributed by atoms with Gasteiger partial charge in [0.25, 0.3) is 0 Å². The summed E-state index contributed by atoms with van der Waals surface area (Å²) in [5.41, 5.74) is 2.05. The molecule has 1 atom stereocenters. The number of amides is 1. The fourth-order valence-electron chi connectivity index (χ4n) is 4.59. The van der Waals surface area contributed by atoms with Gasteiger partial charge in [0.1, 0.15) is 11.5 Å². The lowest BCUT2D eigenvalue weighted by molar-refractivity contribution is -0.121. The maximum atomic E-state index is 13.2. The zero-order valence-electron chi connectivity index (χ0n) is 20.6. The van der Waals surface area contributed by atoms with E-state index in [-0.39, 0.29) is 11.9 Å². The van der Waals surface area contributed by atoms with E-state index in [0.29, 0.717) is 17.9 Å². The van der Waals surface area contributed by atoms with E-state index in [4.69, 9.17) is 4.74 Å². The Hall–Kier alpha value is -3.68. The lowest BCUT2D eigenvalue weighted by Gasteiger charge is -2.29. The zero-order valence-corrected chi connectivity index (χ0v) is 20.6. The maximum Gasteiger partial charge on any atom is 0.335 e. The summed E-state index contributed by atoms with van der Waals surface area (Å²) in [6, 6.07) is 23.9. The van der Waals surface area contributed by atoms with Gasteiger partial charge in [0, 0.05) is 31.9 Å². The van der Waals surface area contributed by atoms with Gasteiger partial charge in [0.15, 0.2) is 0 Å². The second-order valence-corrected chi connectivity index (χ2v) is 9.02. The molecule has 1 amide bonds. The van der Waals surface area contributed by atoms with Crippen molar-refractivity contribution in [3.05, 3.63) is 90.0 Å². The molecule has 1 heterocycles. The maximum absolute atomic E-state index is 13.2. The molecule has 7 nitrogen and oxygen atoms in total. The number of nitrogens with zero attached hydrogens (tertiary/aromatic N) is 2. The van der Waals surface area contributed by atoms with Crippen molar-refractivity contribution in [2.75, 3.05) is 31.5 Å². The van der Waals surface area contributed by atoms with E-state index < -0.39 is 5.97 Å². The van der Waals surface area contributed by atoms with Gasteiger partial charge in [-0.3, -0.25) is 14.6 Å². The quantitative estimate of drug-likeness (QED) is 0.437. The van der Waals surface area contributed by atoms with Crippen LogP contribution >= 0.6 is 0 Å². The lowest BCUT2D eigenvalue weighted by Crippen LogP contribution is -2.45. The van der Waals surface area contributed by atoms with Crippen LogP contribution in [0.15, 0.2) is 78.9 Å². The molecule has 1 fully saturated rings. The minimum absolute atomic E-state index is 0.00293. The first-order valence-electron chi connectivity index (χ1n) is 12.4. The Bertz CT molecular complexity index is 1150. The van der Waals surface area contributed by atoms with Crippen LogP contribution in [-0.2, 0) is 11.3 Å². The standard InChI is InChI=1S/C29H33N3O4/c1-2-27(28(33)30-24-12-14-26(15-13-24)36-25-10-4-3-5-11-25)32-17-7-16-31(18-19-32)21-22-8-6-9-23(20-22)29(34)35/h3-6,8-15,20,27H,2,7,16-19,21H2,1H3,(H,30,33)(H,34,35). The molecular formula is C29H33N3O4. The predicted molar refractivity (Wildman–Crippen MR) is 141 cm³/mol. The molecule has 0 saturated carbocycles. The van der Waals surface area contributed by atoms with Crippen molar-refractivity contribution in [1.82, 2.24) is 9.80 Å². The molecule has 4 rings (SSSR count). The number of ether oxygens (including phenoxy) is 1. The summed E-state index contributed by atoms with van der Waals surface area (Å²) in [6.45, 7) is 6.12. The molecule has 0 aromatic heterocycles. The summed E-state index contributed by atoms with van der Waals surface area (Å²) in [4.78, 5) is 29.0. The van der Waals surface area contributed by atoms with Crippen molar-refractivity contribution in [3.63, 3.8) is 0 Å². The number of carboxylic acids is 1. The van der Waals surface area contributed by atoms with Gasteiger partial charge in [-0.15, -0.1) is 0 Å². The zero-order chi connectivity index (χ0) is 25.3. The molecular weight excluding hydrogens is 454 g/mol. The van der Waals surface area contributed by atoms with Gasteiger partial charge in [-0.1, -0.05) is 37.3 Å². The molecule has 0 spiro atoms. The Kier molecular flexibility index (Phi) is 8.71. The molecule has 0 radical (unpaired) electrons. The predicted octanol–water partition coefficient (Wildman–Crippen LogP) is 5.10. The van der Waals surface area contributed by atoms with E-state index in [2.05, 4.69) is 15.1 Å². The SMILES string of the molecule is CCC(C(=O)Nc1ccc(Oc2ccccc2)cc1)N1CCCN(Cc2cccc(C(=O)O)c2)CC1. The molecule has 188 valence electrons. The summed E-state index contributed by atoms with van der Waals surface area (Å²) in [7, 11) is 0. The van der Waals surface area contributed by atoms with Crippen LogP contribution in [0.3, 0.4) is 0 Å². The Balaban J connectivity index is 1.31. The first-order valence-corrected chi connectivity index (χ1v) is 12.4. The fraction of sp³-hybridized carbons (Fsp3) is 0.310. The number of carbonyl (C=O) groups excluding carboxylic acids is 1. The largest absolute Gasteiger partial charge is 0.478 e. The second-order valence-electron chi connectivity index (χ2n) is 9.02. The highest BCUT2D eigenvalue weighted by Gasteiger charge is 2.26. The van der Waals surface area contributed by atoms with Gasteiger partial charge >= 0.3 is 5.97 Å². The summed E-state index contributed by atoms with van der Waals surface area (Å²) in [5.74, 6) is 0.573. The molecule has 7 heteroatoms. The van der Waals surface area contributed by atoms with E-state index in [1.165, 1.54) is 0 Å². The average Bonchev–Trinajstić information content (AvgIpc) is 3.12. The highest BCUT2D eigenvalue weighted by atomic mass is 16.5. The van der Waals surface area contributed by atoms with Crippen molar-refractivity contribution in [2.24, 2.45) is 0 Å². The van der Waals surface area contributed by atoms with Gasteiger partial charge in [-0.25, -0.2) is 4.79 Å². The summed E-state index contributed by atoms with van der Waals surface area (Å²) < 4.78 is 5.83. The van der Waals surface area contributed by atoms with E-state index in [1.807, 2.05) is 67.6 Å². The summed E-state index contributed by atoms with van der Waals surface area (Å²) in [6.07, 6.45) is 1.68. The van der Waals surface area contributed by atoms with Gasteiger partial charge in [-0.2, -0.15) is 0 Å². The molecule has 1 saturated heterocycles. The Morgan fingerprint density at radius 1 is 0.917 bits per heavy atom. The van der Waals surface area contributed by atoms with Crippen molar-refractivity contribution >= 4 is 17.6 Å². The van der Waals surface area contributed by atoms with Crippen LogP contribution in [0, 0.1) is 0 Å². The minimum Gasteiger partial charge on any atom is -0.478 e. The van der Waals surface area contributed by atoms with Crippen LogP contribution in [-0.4, -0.2) is 59.0 Å². The van der Waals surface area contributed by atoms with E-state index in [1.54, 1.807) is 18.2 Å². The average molecular weight is 488 g/mol. The number of aromatic carboxylic acids is 1. The molecule has 3 aromatic carbocycles. The molecule has 36 heavy (non-hydrogen) atoms. The number of hydrogen-bond acceptors (Lipinski definition) is 5. The Morgan fingerprint density at radius 3 is 2.39 bits per heavy atom. The number of hydrogen-bond donors (Lipinski definition) is 2. The lowest BCUT2D eigenvalue weighted by atomic mass is 10.1. The van der Waals surface area contributed by atoms with E-state index >= 15 is 0 Å². The van der Waals surface area contributed by atoms with Crippen molar-refractivity contribution < 1.29 is 19.4 Å².